The van der Waals surface area contributed by atoms with Crippen LogP contribution in [0.25, 0.3) is 10.8 Å². The summed E-state index contributed by atoms with van der Waals surface area (Å²) in [6, 6.07) is 11.1. The Hall–Kier alpha value is -1.72. The molecule has 21 heavy (non-hydrogen) atoms. The van der Waals surface area contributed by atoms with Gasteiger partial charge < -0.3 is 20.5 Å². The molecule has 0 aliphatic heterocycles. The van der Waals surface area contributed by atoms with Gasteiger partial charge in [0.2, 0.25) is 0 Å². The number of hydrogen-bond donors (Lipinski definition) is 2. The summed E-state index contributed by atoms with van der Waals surface area (Å²) >= 11 is 0. The summed E-state index contributed by atoms with van der Waals surface area (Å²) in [5.74, 6) is 0. The number of hydroxylamine groups is 2. The van der Waals surface area contributed by atoms with E-state index in [9.17, 15) is 10.4 Å². The highest BCUT2D eigenvalue weighted by atomic mass is 16.5. The van der Waals surface area contributed by atoms with Gasteiger partial charge in [-0.25, -0.2) is 0 Å². The monoisotopic (exact) mass is 286 g/mol. The molecule has 0 aliphatic rings. The number of rotatable bonds is 5. The van der Waals surface area contributed by atoms with Gasteiger partial charge in [-0.05, 0) is 39.0 Å². The Morgan fingerprint density at radius 1 is 1.05 bits per heavy atom. The molecule has 0 heterocycles. The van der Waals surface area contributed by atoms with Crippen molar-refractivity contribution in [2.24, 2.45) is 0 Å². The average Bonchev–Trinajstić information content (AvgIpc) is 2.52. The van der Waals surface area contributed by atoms with E-state index in [0.717, 1.165) is 10.8 Å². The van der Waals surface area contributed by atoms with Crippen LogP contribution < -0.4 is 10.1 Å². The minimum Gasteiger partial charge on any atom is -0.629 e. The number of fused-ring (bicyclic) bond motifs is 1. The van der Waals surface area contributed by atoms with Crippen molar-refractivity contribution in [1.29, 1.82) is 0 Å². The van der Waals surface area contributed by atoms with Crippen molar-refractivity contribution in [3.63, 3.8) is 0 Å². The topological polar surface area (TPSA) is 55.0 Å². The van der Waals surface area contributed by atoms with Crippen LogP contribution in [0.3, 0.4) is 0 Å². The lowest BCUT2D eigenvalue weighted by Gasteiger charge is -2.36. The van der Waals surface area contributed by atoms with E-state index in [2.05, 4.69) is 6.58 Å². The van der Waals surface area contributed by atoms with Gasteiger partial charge in [-0.1, -0.05) is 18.7 Å². The molecule has 0 radical (unpaired) electrons. The highest BCUT2D eigenvalue weighted by Gasteiger charge is 2.25. The van der Waals surface area contributed by atoms with E-state index in [0.29, 0.717) is 17.9 Å². The standard InChI is InChI=1S/C17H22N2O2/c1-5-17(3,4)19(21)16-12-11-15(18(20)6-2)13-9-7-8-10-14(13)16/h5,7-12,18-19H,1,6H2,2-4H3. The van der Waals surface area contributed by atoms with E-state index < -0.39 is 5.54 Å². The minimum absolute atomic E-state index is 0.0178. The molecule has 0 saturated carbocycles. The molecule has 2 aromatic carbocycles. The maximum absolute atomic E-state index is 12.7. The summed E-state index contributed by atoms with van der Waals surface area (Å²) in [7, 11) is 0. The van der Waals surface area contributed by atoms with Crippen molar-refractivity contribution >= 4 is 22.1 Å². The number of benzene rings is 2. The zero-order valence-corrected chi connectivity index (χ0v) is 12.8. The summed E-state index contributed by atoms with van der Waals surface area (Å²) in [6.07, 6.45) is 1.66. The summed E-state index contributed by atoms with van der Waals surface area (Å²) < 4.78 is 0. The Bertz CT molecular complexity index is 652. The fourth-order valence-electron chi connectivity index (χ4n) is 2.37. The molecule has 4 nitrogen and oxygen atoms in total. The first-order chi connectivity index (χ1) is 9.92. The van der Waals surface area contributed by atoms with Crippen LogP contribution >= 0.6 is 0 Å². The second-order valence-corrected chi connectivity index (χ2v) is 5.74. The van der Waals surface area contributed by atoms with Crippen LogP contribution in [0.2, 0.25) is 0 Å². The van der Waals surface area contributed by atoms with Gasteiger partial charge in [0, 0.05) is 22.9 Å². The zero-order valence-electron chi connectivity index (χ0n) is 12.8. The summed E-state index contributed by atoms with van der Waals surface area (Å²) in [6.45, 7) is 9.74. The summed E-state index contributed by atoms with van der Waals surface area (Å²) in [5.41, 5.74) is 0.697. The van der Waals surface area contributed by atoms with Gasteiger partial charge in [-0.2, -0.15) is 0 Å². The van der Waals surface area contributed by atoms with Gasteiger partial charge in [-0.15, -0.1) is 0 Å². The van der Waals surface area contributed by atoms with Crippen LogP contribution in [-0.2, 0) is 0 Å². The third kappa shape index (κ3) is 2.84. The fourth-order valence-corrected chi connectivity index (χ4v) is 2.37. The van der Waals surface area contributed by atoms with Crippen LogP contribution in [0, 0.1) is 10.4 Å². The van der Waals surface area contributed by atoms with E-state index in [4.69, 9.17) is 0 Å². The SMILES string of the molecule is C=CC(C)(C)[NH+]([O-])c1ccc([NH+]([O-])CC)c2ccccc12. The Kier molecular flexibility index (Phi) is 4.44. The lowest BCUT2D eigenvalue weighted by atomic mass is 10.0. The Balaban J connectivity index is 2.66. The third-order valence-corrected chi connectivity index (χ3v) is 3.89. The molecule has 0 fully saturated rings. The molecule has 112 valence electrons. The van der Waals surface area contributed by atoms with Crippen molar-refractivity contribution in [3.05, 3.63) is 59.5 Å². The molecule has 4 heteroatoms. The first-order valence-electron chi connectivity index (χ1n) is 7.15. The first kappa shape index (κ1) is 15.7. The molecule has 2 unspecified atom stereocenters. The second kappa shape index (κ2) is 5.95. The molecule has 0 aliphatic carbocycles. The van der Waals surface area contributed by atoms with Crippen LogP contribution in [0.15, 0.2) is 49.1 Å². The van der Waals surface area contributed by atoms with E-state index >= 15 is 0 Å². The predicted octanol–water partition coefficient (Wildman–Crippen LogP) is 1.85. The minimum atomic E-state index is -0.626. The van der Waals surface area contributed by atoms with Gasteiger partial charge in [-0.3, -0.25) is 0 Å². The first-order valence-corrected chi connectivity index (χ1v) is 7.15. The van der Waals surface area contributed by atoms with Crippen LogP contribution in [0.4, 0.5) is 11.4 Å². The molecule has 2 atom stereocenters. The summed E-state index contributed by atoms with van der Waals surface area (Å²) in [5, 5.41) is 26.5. The van der Waals surface area contributed by atoms with E-state index in [1.807, 2.05) is 45.0 Å². The molecule has 0 bridgehead atoms. The van der Waals surface area contributed by atoms with E-state index in [1.165, 1.54) is 0 Å². The maximum Gasteiger partial charge on any atom is 0.140 e. The Morgan fingerprint density at radius 2 is 1.57 bits per heavy atom. The molecular formula is C17H22N2O2. The smallest absolute Gasteiger partial charge is 0.140 e. The zero-order chi connectivity index (χ0) is 15.6. The van der Waals surface area contributed by atoms with E-state index in [1.54, 1.807) is 18.2 Å². The molecule has 0 saturated heterocycles. The van der Waals surface area contributed by atoms with Crippen molar-refractivity contribution < 1.29 is 10.1 Å². The number of quaternary nitrogens is 2. The Morgan fingerprint density at radius 3 is 2.10 bits per heavy atom. The lowest BCUT2D eigenvalue weighted by Crippen LogP contribution is -3.10. The normalized spacial score (nSPS) is 14.9. The van der Waals surface area contributed by atoms with Crippen LogP contribution in [-0.4, -0.2) is 12.1 Å². The maximum atomic E-state index is 12.7. The number of hydrogen-bond acceptors (Lipinski definition) is 2. The van der Waals surface area contributed by atoms with E-state index in [-0.39, 0.29) is 10.1 Å². The highest BCUT2D eigenvalue weighted by Crippen LogP contribution is 2.26. The van der Waals surface area contributed by atoms with Crippen molar-refractivity contribution in [2.75, 3.05) is 6.54 Å². The van der Waals surface area contributed by atoms with Gasteiger partial charge >= 0.3 is 0 Å². The largest absolute Gasteiger partial charge is 0.629 e. The molecule has 2 aromatic rings. The average molecular weight is 286 g/mol. The Labute approximate surface area is 125 Å². The van der Waals surface area contributed by atoms with Gasteiger partial charge in [0.05, 0.1) is 6.54 Å². The predicted molar refractivity (Wildman–Crippen MR) is 86.7 cm³/mol. The second-order valence-electron chi connectivity index (χ2n) is 5.74. The van der Waals surface area contributed by atoms with Crippen molar-refractivity contribution in [3.8, 4) is 0 Å². The van der Waals surface area contributed by atoms with Crippen LogP contribution in [0.1, 0.15) is 20.8 Å². The number of nitrogens with one attached hydrogen (secondary N) is 2. The molecule has 0 aromatic heterocycles. The van der Waals surface area contributed by atoms with Crippen LogP contribution in [0.5, 0.6) is 0 Å². The molecule has 0 amide bonds. The lowest BCUT2D eigenvalue weighted by molar-refractivity contribution is -0.824. The fraction of sp³-hybridized carbons (Fsp3) is 0.294. The summed E-state index contributed by atoms with van der Waals surface area (Å²) in [4.78, 5) is 0. The van der Waals surface area contributed by atoms with Gasteiger partial charge in [0.25, 0.3) is 0 Å². The quantitative estimate of drug-likeness (QED) is 0.651. The van der Waals surface area contributed by atoms with Gasteiger partial charge in [0.1, 0.15) is 16.9 Å². The molecular weight excluding hydrogens is 264 g/mol. The highest BCUT2D eigenvalue weighted by molar-refractivity contribution is 5.97. The molecule has 2 N–H and O–H groups in total. The molecule has 0 spiro atoms. The van der Waals surface area contributed by atoms with Gasteiger partial charge in [0.15, 0.2) is 0 Å². The third-order valence-electron chi connectivity index (χ3n) is 3.89. The molecule has 2 rings (SSSR count). The van der Waals surface area contributed by atoms with Crippen molar-refractivity contribution in [2.45, 2.75) is 26.3 Å². The van der Waals surface area contributed by atoms with Crippen molar-refractivity contribution in [1.82, 2.24) is 0 Å².